The predicted molar refractivity (Wildman–Crippen MR) is 172 cm³/mol. The zero-order valence-corrected chi connectivity index (χ0v) is 26.8. The van der Waals surface area contributed by atoms with Gasteiger partial charge in [-0.1, -0.05) is 154 Å². The van der Waals surface area contributed by atoms with Gasteiger partial charge in [-0.2, -0.15) is 0 Å². The van der Waals surface area contributed by atoms with E-state index in [0.29, 0.717) is 12.8 Å². The fourth-order valence-electron chi connectivity index (χ4n) is 6.08. The molecule has 0 aromatic rings. The Morgan fingerprint density at radius 3 is 1.25 bits per heavy atom. The largest absolute Gasteiger partial charge is 0.481 e. The van der Waals surface area contributed by atoms with Gasteiger partial charge in [0.2, 0.25) is 0 Å². The molecule has 40 heavy (non-hydrogen) atoms. The second kappa shape index (κ2) is 30.6. The van der Waals surface area contributed by atoms with Crippen LogP contribution in [0.1, 0.15) is 194 Å². The summed E-state index contributed by atoms with van der Waals surface area (Å²) in [4.78, 5) is 21.5. The second-order valence-electron chi connectivity index (χ2n) is 12.4. The van der Waals surface area contributed by atoms with E-state index in [2.05, 4.69) is 26.0 Å². The third-order valence-electron chi connectivity index (χ3n) is 8.62. The fourth-order valence-corrected chi connectivity index (χ4v) is 6.08. The van der Waals surface area contributed by atoms with E-state index in [-0.39, 0.29) is 0 Å². The molecule has 0 unspecified atom stereocenters. The van der Waals surface area contributed by atoms with Crippen LogP contribution in [0, 0.1) is 11.8 Å². The van der Waals surface area contributed by atoms with Crippen LogP contribution in [0.3, 0.4) is 0 Å². The molecule has 0 spiro atoms. The average molecular weight is 565 g/mol. The van der Waals surface area contributed by atoms with Crippen LogP contribution in [-0.2, 0) is 9.59 Å². The lowest BCUT2D eigenvalue weighted by Crippen LogP contribution is -2.16. The first-order valence-electron chi connectivity index (χ1n) is 17.6. The van der Waals surface area contributed by atoms with Gasteiger partial charge in [0, 0.05) is 12.8 Å². The maximum atomic E-state index is 10.8. The number of unbranched alkanes of at least 4 members (excludes halogenated alkanes) is 17. The van der Waals surface area contributed by atoms with E-state index >= 15 is 0 Å². The highest BCUT2D eigenvalue weighted by Gasteiger charge is 2.20. The van der Waals surface area contributed by atoms with E-state index in [1.54, 1.807) is 0 Å². The molecule has 4 nitrogen and oxygen atoms in total. The molecule has 0 fully saturated rings. The lowest BCUT2D eigenvalue weighted by Gasteiger charge is -2.28. The van der Waals surface area contributed by atoms with Crippen LogP contribution in [0.15, 0.2) is 12.2 Å². The lowest BCUT2D eigenvalue weighted by atomic mass is 9.78. The van der Waals surface area contributed by atoms with Gasteiger partial charge in [0.15, 0.2) is 0 Å². The van der Waals surface area contributed by atoms with Gasteiger partial charge in [-0.3, -0.25) is 9.59 Å². The zero-order valence-electron chi connectivity index (χ0n) is 26.8. The molecule has 0 aliphatic carbocycles. The Labute approximate surface area is 249 Å². The number of carbonyl (C=O) groups is 2. The van der Waals surface area contributed by atoms with Gasteiger partial charge in [-0.25, -0.2) is 0 Å². The minimum Gasteiger partial charge on any atom is -0.481 e. The normalized spacial score (nSPS) is 13.2. The summed E-state index contributed by atoms with van der Waals surface area (Å²) in [5.74, 6) is 0.310. The average Bonchev–Trinajstić information content (AvgIpc) is 2.92. The quantitative estimate of drug-likeness (QED) is 0.0629. The van der Waals surface area contributed by atoms with Crippen molar-refractivity contribution in [2.75, 3.05) is 0 Å². The number of hydrogen-bond acceptors (Lipinski definition) is 2. The molecule has 2 N–H and O–H groups in total. The van der Waals surface area contributed by atoms with Crippen LogP contribution in [0.25, 0.3) is 0 Å². The number of carboxylic acid groups (broad SMARTS) is 2. The summed E-state index contributed by atoms with van der Waals surface area (Å²) < 4.78 is 0. The monoisotopic (exact) mass is 565 g/mol. The van der Waals surface area contributed by atoms with Crippen molar-refractivity contribution in [2.45, 2.75) is 194 Å². The van der Waals surface area contributed by atoms with E-state index in [1.807, 2.05) is 0 Å². The van der Waals surface area contributed by atoms with Crippen LogP contribution in [0.2, 0.25) is 0 Å². The highest BCUT2D eigenvalue weighted by Crippen LogP contribution is 2.33. The van der Waals surface area contributed by atoms with Crippen LogP contribution < -0.4 is 0 Å². The van der Waals surface area contributed by atoms with E-state index < -0.39 is 11.9 Å². The summed E-state index contributed by atoms with van der Waals surface area (Å²) in [6, 6.07) is 0. The van der Waals surface area contributed by atoms with E-state index in [1.165, 1.54) is 141 Å². The Kier molecular flexibility index (Phi) is 29.6. The van der Waals surface area contributed by atoms with Crippen molar-refractivity contribution in [3.8, 4) is 0 Å². The highest BCUT2D eigenvalue weighted by molar-refractivity contribution is 5.66. The van der Waals surface area contributed by atoms with Gasteiger partial charge in [0.05, 0.1) is 0 Å². The lowest BCUT2D eigenvalue weighted by molar-refractivity contribution is -0.138. The summed E-state index contributed by atoms with van der Waals surface area (Å²) in [6.45, 7) is 4.56. The molecule has 236 valence electrons. The van der Waals surface area contributed by atoms with Crippen molar-refractivity contribution in [2.24, 2.45) is 11.8 Å². The molecule has 0 saturated heterocycles. The Morgan fingerprint density at radius 2 is 0.800 bits per heavy atom. The Hall–Kier alpha value is -1.32. The van der Waals surface area contributed by atoms with Gasteiger partial charge in [-0.05, 0) is 50.4 Å². The number of rotatable bonds is 32. The highest BCUT2D eigenvalue weighted by atomic mass is 16.4. The van der Waals surface area contributed by atoms with Crippen molar-refractivity contribution >= 4 is 11.9 Å². The first-order chi connectivity index (χ1) is 19.5. The van der Waals surface area contributed by atoms with E-state index in [9.17, 15) is 9.59 Å². The van der Waals surface area contributed by atoms with Crippen LogP contribution in [0.5, 0.6) is 0 Å². The first kappa shape index (κ1) is 38.7. The molecule has 2 atom stereocenters. The predicted octanol–water partition coefficient (Wildman–Crippen LogP) is 11.9. The molecule has 0 radical (unpaired) electrons. The fraction of sp³-hybridized carbons (Fsp3) is 0.889. The van der Waals surface area contributed by atoms with Gasteiger partial charge in [0.25, 0.3) is 0 Å². The molecular formula is C36H68O4. The summed E-state index contributed by atoms with van der Waals surface area (Å²) >= 11 is 0. The second-order valence-corrected chi connectivity index (χ2v) is 12.4. The Bertz CT molecular complexity index is 585. The molecule has 4 heteroatoms. The minimum absolute atomic E-state index is 0.313. The molecule has 0 aliphatic rings. The van der Waals surface area contributed by atoms with Crippen LogP contribution in [0.4, 0.5) is 0 Å². The molecule has 0 bridgehead atoms. The molecule has 0 heterocycles. The van der Waals surface area contributed by atoms with Gasteiger partial charge in [-0.15, -0.1) is 0 Å². The Morgan fingerprint density at radius 1 is 0.450 bits per heavy atom. The molecular weight excluding hydrogens is 496 g/mol. The minimum atomic E-state index is -0.667. The molecule has 0 rings (SSSR count). The molecule has 0 saturated carbocycles. The summed E-state index contributed by atoms with van der Waals surface area (Å²) in [6.07, 6.45) is 37.9. The Balaban J connectivity index is 4.82. The topological polar surface area (TPSA) is 74.6 Å². The van der Waals surface area contributed by atoms with Gasteiger partial charge in [0.1, 0.15) is 0 Å². The number of carboxylic acids is 2. The van der Waals surface area contributed by atoms with Crippen LogP contribution >= 0.6 is 0 Å². The van der Waals surface area contributed by atoms with Crippen molar-refractivity contribution < 1.29 is 19.8 Å². The maximum Gasteiger partial charge on any atom is 0.303 e. The van der Waals surface area contributed by atoms with Crippen molar-refractivity contribution in [3.63, 3.8) is 0 Å². The molecule has 0 aromatic carbocycles. The third kappa shape index (κ3) is 28.2. The SMILES string of the molecule is CCCCC/C=C\CC[C@H](CCCCCCCC(=O)O)[C@H](CCCCCCCC)CCCCCCCCC(=O)O. The first-order valence-corrected chi connectivity index (χ1v) is 17.6. The smallest absolute Gasteiger partial charge is 0.303 e. The van der Waals surface area contributed by atoms with Crippen molar-refractivity contribution in [1.29, 1.82) is 0 Å². The van der Waals surface area contributed by atoms with E-state index in [4.69, 9.17) is 10.2 Å². The molecule has 0 amide bonds. The summed E-state index contributed by atoms with van der Waals surface area (Å²) in [7, 11) is 0. The van der Waals surface area contributed by atoms with Gasteiger partial charge < -0.3 is 10.2 Å². The molecule has 0 aromatic heterocycles. The molecule has 0 aliphatic heterocycles. The number of allylic oxidation sites excluding steroid dienone is 2. The van der Waals surface area contributed by atoms with Crippen molar-refractivity contribution in [1.82, 2.24) is 0 Å². The number of hydrogen-bond donors (Lipinski definition) is 2. The summed E-state index contributed by atoms with van der Waals surface area (Å²) in [5, 5.41) is 17.7. The van der Waals surface area contributed by atoms with Gasteiger partial charge >= 0.3 is 11.9 Å². The zero-order chi connectivity index (χ0) is 29.5. The third-order valence-corrected chi connectivity index (χ3v) is 8.62. The summed E-state index contributed by atoms with van der Waals surface area (Å²) in [5.41, 5.74) is 0. The van der Waals surface area contributed by atoms with Crippen molar-refractivity contribution in [3.05, 3.63) is 12.2 Å². The van der Waals surface area contributed by atoms with E-state index in [0.717, 1.165) is 37.5 Å². The maximum absolute atomic E-state index is 10.8. The van der Waals surface area contributed by atoms with Crippen LogP contribution in [-0.4, -0.2) is 22.2 Å². The number of aliphatic carboxylic acids is 2. The standard InChI is InChI=1S/C36H68O4/c1-3-5-7-9-11-16-22-28-34(30-24-18-14-20-26-32-36(39)40)33(27-21-15-10-8-6-4-2)29-23-17-12-13-19-25-31-35(37)38/h11,16,33-34H,3-10,12-15,17-32H2,1-2H3,(H,37,38)(H,39,40)/b16-11-/t33-,34-/m1/s1.